The molecule has 0 aliphatic heterocycles. The first-order valence-electron chi connectivity index (χ1n) is 4.30. The van der Waals surface area contributed by atoms with E-state index in [1.54, 1.807) is 12.4 Å². The lowest BCUT2D eigenvalue weighted by atomic mass is 10.3. The van der Waals surface area contributed by atoms with Gasteiger partial charge in [-0.3, -0.25) is 4.57 Å². The average molecular weight is 313 g/mol. The Labute approximate surface area is 100 Å². The van der Waals surface area contributed by atoms with Gasteiger partial charge in [-0.25, -0.2) is 9.78 Å². The lowest BCUT2D eigenvalue weighted by Crippen LogP contribution is -2.17. The first-order valence-corrected chi connectivity index (χ1v) is 5.38. The molecule has 0 aliphatic carbocycles. The molecule has 4 nitrogen and oxygen atoms in total. The summed E-state index contributed by atoms with van der Waals surface area (Å²) in [6.07, 6.45) is 4.62. The zero-order valence-corrected chi connectivity index (χ0v) is 9.88. The molecule has 1 heterocycles. The van der Waals surface area contributed by atoms with Gasteiger partial charge in [0.15, 0.2) is 0 Å². The SMILES string of the molecule is O=C(Nc1ccc(I)cc1)n1ccnc1. The third kappa shape index (κ3) is 2.56. The summed E-state index contributed by atoms with van der Waals surface area (Å²) in [6, 6.07) is 7.37. The second kappa shape index (κ2) is 4.43. The van der Waals surface area contributed by atoms with Crippen LogP contribution in [0.3, 0.4) is 0 Å². The maximum atomic E-state index is 11.6. The van der Waals surface area contributed by atoms with Crippen molar-refractivity contribution in [1.82, 2.24) is 9.55 Å². The topological polar surface area (TPSA) is 46.9 Å². The van der Waals surface area contributed by atoms with E-state index in [2.05, 4.69) is 32.9 Å². The molecule has 1 N–H and O–H groups in total. The van der Waals surface area contributed by atoms with Crippen LogP contribution in [0.25, 0.3) is 0 Å². The standard InChI is InChI=1S/C10H8IN3O/c11-8-1-3-9(4-2-8)13-10(15)14-6-5-12-7-14/h1-7H,(H,13,15). The normalized spacial score (nSPS) is 9.93. The summed E-state index contributed by atoms with van der Waals surface area (Å²) in [4.78, 5) is 15.4. The second-order valence-electron chi connectivity index (χ2n) is 2.91. The van der Waals surface area contributed by atoms with Gasteiger partial charge in [0.05, 0.1) is 0 Å². The van der Waals surface area contributed by atoms with E-state index in [4.69, 9.17) is 0 Å². The molecule has 0 saturated heterocycles. The zero-order valence-electron chi connectivity index (χ0n) is 7.72. The maximum Gasteiger partial charge on any atom is 0.331 e. The molecule has 76 valence electrons. The van der Waals surface area contributed by atoms with E-state index >= 15 is 0 Å². The molecule has 2 rings (SSSR count). The van der Waals surface area contributed by atoms with Gasteiger partial charge in [-0.05, 0) is 46.9 Å². The van der Waals surface area contributed by atoms with Crippen LogP contribution in [0.5, 0.6) is 0 Å². The minimum atomic E-state index is -0.214. The van der Waals surface area contributed by atoms with Crippen LogP contribution in [0.15, 0.2) is 43.0 Å². The van der Waals surface area contributed by atoms with Gasteiger partial charge >= 0.3 is 6.03 Å². The Bertz CT molecular complexity index is 450. The minimum Gasteiger partial charge on any atom is -0.307 e. The fourth-order valence-electron chi connectivity index (χ4n) is 1.10. The molecule has 0 aliphatic rings. The van der Waals surface area contributed by atoms with Crippen LogP contribution < -0.4 is 5.32 Å². The molecule has 15 heavy (non-hydrogen) atoms. The predicted octanol–water partition coefficient (Wildman–Crippen LogP) is 2.57. The molecule has 1 amide bonds. The van der Waals surface area contributed by atoms with Crippen molar-refractivity contribution in [3.63, 3.8) is 0 Å². The number of nitrogens with one attached hydrogen (secondary N) is 1. The highest BCUT2D eigenvalue weighted by Gasteiger charge is 2.02. The minimum absolute atomic E-state index is 0.214. The van der Waals surface area contributed by atoms with Crippen LogP contribution in [-0.2, 0) is 0 Å². The van der Waals surface area contributed by atoms with Gasteiger partial charge in [-0.15, -0.1) is 0 Å². The van der Waals surface area contributed by atoms with Crippen molar-refractivity contribution in [3.8, 4) is 0 Å². The summed E-state index contributed by atoms with van der Waals surface area (Å²) >= 11 is 2.21. The average Bonchev–Trinajstić information content (AvgIpc) is 2.74. The molecule has 1 aromatic carbocycles. The van der Waals surface area contributed by atoms with E-state index < -0.39 is 0 Å². The number of halogens is 1. The Kier molecular flexibility index (Phi) is 3.00. The highest BCUT2D eigenvalue weighted by molar-refractivity contribution is 14.1. The Balaban J connectivity index is 2.09. The summed E-state index contributed by atoms with van der Waals surface area (Å²) in [5, 5.41) is 2.75. The highest BCUT2D eigenvalue weighted by atomic mass is 127. The Morgan fingerprint density at radius 3 is 2.67 bits per heavy atom. The van der Waals surface area contributed by atoms with Crippen molar-refractivity contribution < 1.29 is 4.79 Å². The number of hydrogen-bond donors (Lipinski definition) is 1. The van der Waals surface area contributed by atoms with Crippen LogP contribution >= 0.6 is 22.6 Å². The van der Waals surface area contributed by atoms with Crippen molar-refractivity contribution in [1.29, 1.82) is 0 Å². The molecule has 0 fully saturated rings. The molecule has 0 saturated carbocycles. The summed E-state index contributed by atoms with van der Waals surface area (Å²) in [5.41, 5.74) is 0.772. The molecule has 0 unspecified atom stereocenters. The van der Waals surface area contributed by atoms with Gasteiger partial charge < -0.3 is 5.32 Å². The number of nitrogens with zero attached hydrogens (tertiary/aromatic N) is 2. The molecule has 0 bridgehead atoms. The summed E-state index contributed by atoms with van der Waals surface area (Å²) in [5.74, 6) is 0. The number of carbonyl (C=O) groups excluding carboxylic acids is 1. The smallest absolute Gasteiger partial charge is 0.307 e. The van der Waals surface area contributed by atoms with Gasteiger partial charge in [0.1, 0.15) is 6.33 Å². The van der Waals surface area contributed by atoms with E-state index in [0.29, 0.717) is 0 Å². The molecule has 0 atom stereocenters. The molecular formula is C10H8IN3O. The fraction of sp³-hybridized carbons (Fsp3) is 0. The largest absolute Gasteiger partial charge is 0.331 e. The van der Waals surface area contributed by atoms with E-state index in [0.717, 1.165) is 9.26 Å². The van der Waals surface area contributed by atoms with Crippen molar-refractivity contribution in [2.24, 2.45) is 0 Å². The predicted molar refractivity (Wildman–Crippen MR) is 65.8 cm³/mol. The van der Waals surface area contributed by atoms with E-state index in [1.807, 2.05) is 24.3 Å². The van der Waals surface area contributed by atoms with Crippen molar-refractivity contribution >= 4 is 34.3 Å². The fourth-order valence-corrected chi connectivity index (χ4v) is 1.46. The van der Waals surface area contributed by atoms with Crippen LogP contribution in [-0.4, -0.2) is 15.6 Å². The molecule has 1 aromatic heterocycles. The van der Waals surface area contributed by atoms with E-state index in [1.165, 1.54) is 10.9 Å². The number of rotatable bonds is 1. The first kappa shape index (κ1) is 10.2. The van der Waals surface area contributed by atoms with Gasteiger partial charge in [-0.1, -0.05) is 0 Å². The number of anilines is 1. The van der Waals surface area contributed by atoms with Crippen molar-refractivity contribution in [3.05, 3.63) is 46.6 Å². The molecular weight excluding hydrogens is 305 g/mol. The van der Waals surface area contributed by atoms with E-state index in [9.17, 15) is 4.79 Å². The third-order valence-electron chi connectivity index (χ3n) is 1.83. The lowest BCUT2D eigenvalue weighted by molar-refractivity contribution is 0.253. The van der Waals surface area contributed by atoms with Gasteiger partial charge in [0.2, 0.25) is 0 Å². The number of amides is 1. The Morgan fingerprint density at radius 1 is 1.33 bits per heavy atom. The monoisotopic (exact) mass is 313 g/mol. The van der Waals surface area contributed by atoms with Crippen molar-refractivity contribution in [2.45, 2.75) is 0 Å². The Hall–Kier alpha value is -1.37. The van der Waals surface area contributed by atoms with Crippen LogP contribution in [0.4, 0.5) is 10.5 Å². The summed E-state index contributed by atoms with van der Waals surface area (Å²) in [6.45, 7) is 0. The van der Waals surface area contributed by atoms with Crippen molar-refractivity contribution in [2.75, 3.05) is 5.32 Å². The molecule has 5 heteroatoms. The summed E-state index contributed by atoms with van der Waals surface area (Å²) in [7, 11) is 0. The molecule has 2 aromatic rings. The Morgan fingerprint density at radius 2 is 2.07 bits per heavy atom. The van der Waals surface area contributed by atoms with E-state index in [-0.39, 0.29) is 6.03 Å². The van der Waals surface area contributed by atoms with Gasteiger partial charge in [0, 0.05) is 21.7 Å². The number of hydrogen-bond acceptors (Lipinski definition) is 2. The second-order valence-corrected chi connectivity index (χ2v) is 4.15. The first-order chi connectivity index (χ1) is 7.25. The van der Waals surface area contributed by atoms with Gasteiger partial charge in [-0.2, -0.15) is 0 Å². The van der Waals surface area contributed by atoms with Gasteiger partial charge in [0.25, 0.3) is 0 Å². The number of carbonyl (C=O) groups is 1. The van der Waals surface area contributed by atoms with Crippen LogP contribution in [0.2, 0.25) is 0 Å². The molecule has 0 radical (unpaired) electrons. The summed E-state index contributed by atoms with van der Waals surface area (Å²) < 4.78 is 2.52. The number of imidazole rings is 1. The quantitative estimate of drug-likeness (QED) is 0.823. The maximum absolute atomic E-state index is 11.6. The highest BCUT2D eigenvalue weighted by Crippen LogP contribution is 2.11. The van der Waals surface area contributed by atoms with Crippen LogP contribution in [0, 0.1) is 3.57 Å². The lowest BCUT2D eigenvalue weighted by Gasteiger charge is -2.04. The van der Waals surface area contributed by atoms with Crippen LogP contribution in [0.1, 0.15) is 0 Å². The third-order valence-corrected chi connectivity index (χ3v) is 2.55. The zero-order chi connectivity index (χ0) is 10.7. The molecule has 0 spiro atoms. The number of aromatic nitrogens is 2. The number of benzene rings is 1.